The van der Waals surface area contributed by atoms with Gasteiger partial charge >= 0.3 is 0 Å². The molecule has 280 valence electrons. The van der Waals surface area contributed by atoms with Crippen LogP contribution in [0.1, 0.15) is 248 Å². The van der Waals surface area contributed by atoms with Crippen LogP contribution in [0.2, 0.25) is 5.02 Å². The molecular weight excluding hydrogens is 612 g/mol. The number of benzene rings is 3. The fourth-order valence-corrected chi connectivity index (χ4v) is 7.27. The summed E-state index contributed by atoms with van der Waals surface area (Å²) in [6.45, 7) is 43.2. The second-order valence-electron chi connectivity index (χ2n) is 16.6. The van der Waals surface area contributed by atoms with E-state index < -0.39 is 0 Å². The van der Waals surface area contributed by atoms with Gasteiger partial charge in [-0.15, -0.1) is 0 Å². The quantitative estimate of drug-likeness (QED) is 0.209. The van der Waals surface area contributed by atoms with E-state index in [1.165, 1.54) is 33.4 Å². The van der Waals surface area contributed by atoms with E-state index in [0.717, 1.165) is 5.02 Å². The molecule has 0 saturated carbocycles. The van der Waals surface area contributed by atoms with Crippen molar-refractivity contribution < 1.29 is 0 Å². The minimum absolute atomic E-state index is 0. The lowest BCUT2D eigenvalue weighted by molar-refractivity contribution is 0.746. The Kier molecular flexibility index (Phi) is 22.0. The molecular formula is C48H81Cl. The largest absolute Gasteiger partial charge is 0.0843 e. The van der Waals surface area contributed by atoms with Gasteiger partial charge in [-0.1, -0.05) is 187 Å². The van der Waals surface area contributed by atoms with Crippen molar-refractivity contribution in [2.75, 3.05) is 0 Å². The third-order valence-electron chi connectivity index (χ3n) is 9.23. The monoisotopic (exact) mass is 693 g/mol. The van der Waals surface area contributed by atoms with Crippen molar-refractivity contribution in [2.24, 2.45) is 0 Å². The SMILES string of the molecule is C.C.CC(C)c1cc(Cl)cc(C(C)C)c1C(C)C.CC(C)c1cccc(C(C)C)c1C(C)C.Cc1cc(C(C)C)c(C(C)C)c(C(C)C)c1. The molecule has 0 radical (unpaired) electrons. The van der Waals surface area contributed by atoms with Crippen LogP contribution in [0.3, 0.4) is 0 Å². The van der Waals surface area contributed by atoms with Gasteiger partial charge in [-0.2, -0.15) is 0 Å². The van der Waals surface area contributed by atoms with Gasteiger partial charge in [0.15, 0.2) is 0 Å². The molecule has 0 aliphatic rings. The Hall–Kier alpha value is -2.05. The van der Waals surface area contributed by atoms with Crippen molar-refractivity contribution in [3.05, 3.63) is 103 Å². The predicted octanol–water partition coefficient (Wildman–Crippen LogP) is 17.4. The highest BCUT2D eigenvalue weighted by atomic mass is 35.5. The lowest BCUT2D eigenvalue weighted by atomic mass is 9.82. The molecule has 0 aliphatic heterocycles. The molecule has 0 aliphatic carbocycles. The smallest absolute Gasteiger partial charge is 0.0411 e. The van der Waals surface area contributed by atoms with Crippen LogP contribution < -0.4 is 0 Å². The van der Waals surface area contributed by atoms with Crippen LogP contribution in [0, 0.1) is 6.92 Å². The summed E-state index contributed by atoms with van der Waals surface area (Å²) < 4.78 is 0. The number of hydrogen-bond donors (Lipinski definition) is 0. The minimum atomic E-state index is 0. The molecule has 0 saturated heterocycles. The van der Waals surface area contributed by atoms with Crippen molar-refractivity contribution >= 4 is 11.6 Å². The molecule has 0 heterocycles. The van der Waals surface area contributed by atoms with Gasteiger partial charge in [0.25, 0.3) is 0 Å². The van der Waals surface area contributed by atoms with Crippen LogP contribution in [-0.2, 0) is 0 Å². The topological polar surface area (TPSA) is 0 Å². The van der Waals surface area contributed by atoms with E-state index >= 15 is 0 Å². The first-order chi connectivity index (χ1) is 21.6. The summed E-state index contributed by atoms with van der Waals surface area (Å²) in [5.74, 6) is 5.37. The first-order valence-electron chi connectivity index (χ1n) is 18.7. The Morgan fingerprint density at radius 3 is 0.796 bits per heavy atom. The van der Waals surface area contributed by atoms with Crippen LogP contribution in [0.4, 0.5) is 0 Å². The van der Waals surface area contributed by atoms with Crippen molar-refractivity contribution in [2.45, 2.75) is 200 Å². The molecule has 3 aromatic rings. The lowest BCUT2D eigenvalue weighted by Crippen LogP contribution is -2.06. The molecule has 0 spiro atoms. The van der Waals surface area contributed by atoms with E-state index in [2.05, 4.69) is 174 Å². The zero-order chi connectivity index (χ0) is 36.5. The second kappa shape index (κ2) is 22.0. The zero-order valence-corrected chi connectivity index (χ0v) is 34.9. The first-order valence-corrected chi connectivity index (χ1v) is 19.1. The number of halogens is 1. The highest BCUT2D eigenvalue weighted by Crippen LogP contribution is 2.37. The van der Waals surface area contributed by atoms with Crippen LogP contribution >= 0.6 is 11.6 Å². The molecule has 0 unspecified atom stereocenters. The summed E-state index contributed by atoms with van der Waals surface area (Å²) in [5, 5.41) is 0.872. The molecule has 0 bridgehead atoms. The molecule has 3 rings (SSSR count). The fourth-order valence-electron chi connectivity index (χ4n) is 7.03. The van der Waals surface area contributed by atoms with Crippen LogP contribution in [-0.4, -0.2) is 0 Å². The average molecular weight is 694 g/mol. The van der Waals surface area contributed by atoms with E-state index in [1.807, 2.05) is 0 Å². The Bertz CT molecular complexity index is 1220. The molecule has 0 atom stereocenters. The van der Waals surface area contributed by atoms with E-state index in [-0.39, 0.29) is 14.9 Å². The Morgan fingerprint density at radius 1 is 0.347 bits per heavy atom. The van der Waals surface area contributed by atoms with E-state index in [9.17, 15) is 0 Å². The van der Waals surface area contributed by atoms with Gasteiger partial charge in [-0.05, 0) is 122 Å². The summed E-state index contributed by atoms with van der Waals surface area (Å²) in [4.78, 5) is 0. The molecule has 0 fully saturated rings. The number of rotatable bonds is 9. The maximum atomic E-state index is 6.21. The summed E-state index contributed by atoms with van der Waals surface area (Å²) in [7, 11) is 0. The number of aryl methyl sites for hydroxylation is 1. The van der Waals surface area contributed by atoms with Gasteiger partial charge in [0, 0.05) is 5.02 Å². The Morgan fingerprint density at radius 2 is 0.571 bits per heavy atom. The highest BCUT2D eigenvalue weighted by Gasteiger charge is 2.19. The highest BCUT2D eigenvalue weighted by molar-refractivity contribution is 6.30. The molecule has 0 N–H and O–H groups in total. The molecule has 0 amide bonds. The summed E-state index contributed by atoms with van der Waals surface area (Å²) in [6, 6.07) is 15.8. The summed E-state index contributed by atoms with van der Waals surface area (Å²) in [5.41, 5.74) is 15.0. The minimum Gasteiger partial charge on any atom is -0.0843 e. The molecule has 3 aromatic carbocycles. The second-order valence-corrected chi connectivity index (χ2v) is 17.0. The average Bonchev–Trinajstić information content (AvgIpc) is 2.95. The van der Waals surface area contributed by atoms with Crippen molar-refractivity contribution in [3.63, 3.8) is 0 Å². The van der Waals surface area contributed by atoms with Gasteiger partial charge in [0.2, 0.25) is 0 Å². The number of hydrogen-bond acceptors (Lipinski definition) is 0. The van der Waals surface area contributed by atoms with Gasteiger partial charge in [-0.3, -0.25) is 0 Å². The van der Waals surface area contributed by atoms with Gasteiger partial charge < -0.3 is 0 Å². The Labute approximate surface area is 313 Å². The predicted molar refractivity (Wildman–Crippen MR) is 229 cm³/mol. The van der Waals surface area contributed by atoms with Crippen molar-refractivity contribution in [1.29, 1.82) is 0 Å². The third kappa shape index (κ3) is 13.9. The molecule has 0 nitrogen and oxygen atoms in total. The van der Waals surface area contributed by atoms with Gasteiger partial charge in [0.05, 0.1) is 0 Å². The zero-order valence-electron chi connectivity index (χ0n) is 34.1. The van der Waals surface area contributed by atoms with Crippen molar-refractivity contribution in [1.82, 2.24) is 0 Å². The van der Waals surface area contributed by atoms with E-state index in [4.69, 9.17) is 11.6 Å². The first kappa shape index (κ1) is 49.1. The fraction of sp³-hybridized carbons (Fsp3) is 0.625. The molecule has 1 heteroatoms. The van der Waals surface area contributed by atoms with E-state index in [1.54, 1.807) is 22.3 Å². The van der Waals surface area contributed by atoms with Crippen LogP contribution in [0.5, 0.6) is 0 Å². The van der Waals surface area contributed by atoms with Crippen LogP contribution in [0.15, 0.2) is 42.5 Å². The summed E-state index contributed by atoms with van der Waals surface area (Å²) >= 11 is 6.21. The Balaban J connectivity index is 0. The van der Waals surface area contributed by atoms with Gasteiger partial charge in [-0.25, -0.2) is 0 Å². The van der Waals surface area contributed by atoms with Crippen molar-refractivity contribution in [3.8, 4) is 0 Å². The van der Waals surface area contributed by atoms with E-state index in [0.29, 0.717) is 53.3 Å². The molecule has 49 heavy (non-hydrogen) atoms. The third-order valence-corrected chi connectivity index (χ3v) is 9.45. The molecule has 0 aromatic heterocycles. The summed E-state index contributed by atoms with van der Waals surface area (Å²) in [6.07, 6.45) is 0. The lowest BCUT2D eigenvalue weighted by Gasteiger charge is -2.23. The van der Waals surface area contributed by atoms with Gasteiger partial charge in [0.1, 0.15) is 0 Å². The standard InChI is InChI=1S/C16H26.C15H23Cl.C15H24.2CH4/c1-10(2)14-8-13(7)9-15(11(3)4)16(14)12(5)6;1-9(2)13-7-12(16)8-14(10(3)4)15(13)11(5)6;1-10(2)13-8-7-9-14(11(3)4)15(13)12(5)6;;/h8-12H,1-7H3;7-11H,1-6H3;7-12H,1-6H3;2*1H4. The normalized spacial score (nSPS) is 11.4. The maximum absolute atomic E-state index is 6.21. The van der Waals surface area contributed by atoms with Crippen LogP contribution in [0.25, 0.3) is 0 Å². The maximum Gasteiger partial charge on any atom is 0.0411 e.